The monoisotopic (exact) mass is 414 g/mol. The summed E-state index contributed by atoms with van der Waals surface area (Å²) in [5.74, 6) is 0. The molecule has 0 radical (unpaired) electrons. The van der Waals surface area contributed by atoms with Crippen LogP contribution in [0.3, 0.4) is 0 Å². The highest BCUT2D eigenvalue weighted by molar-refractivity contribution is 4.91. The quantitative estimate of drug-likeness (QED) is 0.211. The third-order valence-corrected chi connectivity index (χ3v) is 4.98. The molecule has 0 spiro atoms. The van der Waals surface area contributed by atoms with Crippen LogP contribution in [0.15, 0.2) is 0 Å². The summed E-state index contributed by atoms with van der Waals surface area (Å²) in [6.45, 7) is -1.23. The maximum absolute atomic E-state index is 10.3. The van der Waals surface area contributed by atoms with Gasteiger partial charge < -0.3 is 64.5 Å². The first-order valence-electron chi connectivity index (χ1n) is 8.81. The third-order valence-electron chi connectivity index (χ3n) is 4.98. The van der Waals surface area contributed by atoms with Crippen molar-refractivity contribution in [1.82, 2.24) is 0 Å². The van der Waals surface area contributed by atoms with E-state index in [9.17, 15) is 35.7 Å². The summed E-state index contributed by atoms with van der Waals surface area (Å²) < 4.78 is 26.3. The zero-order valence-electron chi connectivity index (χ0n) is 14.7. The van der Waals surface area contributed by atoms with E-state index in [1.54, 1.807) is 0 Å². The lowest BCUT2D eigenvalue weighted by Gasteiger charge is -2.42. The molecule has 3 rings (SSSR count). The molecule has 12 atom stereocenters. The smallest absolute Gasteiger partial charge is 0.187 e. The number of aliphatic hydroxyl groups is 8. The van der Waals surface area contributed by atoms with Gasteiger partial charge in [0.05, 0.1) is 19.8 Å². The molecule has 0 aromatic carbocycles. The SMILES string of the molecule is OC[C@@H]1O[C@@H](OC2[C@H](O[C@@H]3CO[C@@H](O)C(O)[C@H]3O)OC[C@@H](O)[C@@H]2O)C(O)[C@@H]1O. The molecule has 0 aromatic rings. The van der Waals surface area contributed by atoms with Crippen molar-refractivity contribution in [1.29, 1.82) is 0 Å². The van der Waals surface area contributed by atoms with E-state index in [2.05, 4.69) is 0 Å². The van der Waals surface area contributed by atoms with Gasteiger partial charge >= 0.3 is 0 Å². The van der Waals surface area contributed by atoms with Gasteiger partial charge in [-0.15, -0.1) is 0 Å². The molecule has 3 unspecified atom stereocenters. The minimum Gasteiger partial charge on any atom is -0.394 e. The van der Waals surface area contributed by atoms with Crippen LogP contribution < -0.4 is 0 Å². The molecule has 0 bridgehead atoms. The Bertz CT molecular complexity index is 508. The molecule has 0 aliphatic carbocycles. The van der Waals surface area contributed by atoms with Gasteiger partial charge in [-0.05, 0) is 0 Å². The topological polar surface area (TPSA) is 208 Å². The molecule has 28 heavy (non-hydrogen) atoms. The third kappa shape index (κ3) is 4.32. The van der Waals surface area contributed by atoms with Gasteiger partial charge in [-0.3, -0.25) is 0 Å². The predicted octanol–water partition coefficient (Wildman–Crippen LogP) is -5.66. The van der Waals surface area contributed by atoms with E-state index in [4.69, 9.17) is 28.8 Å². The summed E-state index contributed by atoms with van der Waals surface area (Å²) >= 11 is 0. The maximum atomic E-state index is 10.3. The van der Waals surface area contributed by atoms with Crippen molar-refractivity contribution in [2.45, 2.75) is 73.8 Å². The summed E-state index contributed by atoms with van der Waals surface area (Å²) in [4.78, 5) is 0. The first kappa shape index (κ1) is 22.2. The van der Waals surface area contributed by atoms with Gasteiger partial charge in [0.15, 0.2) is 18.9 Å². The van der Waals surface area contributed by atoms with Gasteiger partial charge in [-0.2, -0.15) is 0 Å². The summed E-state index contributed by atoms with van der Waals surface area (Å²) in [5, 5.41) is 78.1. The number of aliphatic hydroxyl groups excluding tert-OH is 8. The molecule has 13 nitrogen and oxygen atoms in total. The van der Waals surface area contributed by atoms with E-state index in [0.717, 1.165) is 0 Å². The van der Waals surface area contributed by atoms with Crippen molar-refractivity contribution < 1.29 is 64.5 Å². The van der Waals surface area contributed by atoms with Crippen LogP contribution >= 0.6 is 0 Å². The normalized spacial score (nSPS) is 52.7. The summed E-state index contributed by atoms with van der Waals surface area (Å²) in [7, 11) is 0. The second kappa shape index (κ2) is 9.09. The first-order valence-corrected chi connectivity index (χ1v) is 8.81. The average molecular weight is 414 g/mol. The van der Waals surface area contributed by atoms with E-state index < -0.39 is 80.4 Å². The van der Waals surface area contributed by atoms with E-state index in [1.165, 1.54) is 0 Å². The predicted molar refractivity (Wildman–Crippen MR) is 83.2 cm³/mol. The Kier molecular flexibility index (Phi) is 7.20. The minimum absolute atomic E-state index is 0.307. The van der Waals surface area contributed by atoms with Crippen LogP contribution in [0.2, 0.25) is 0 Å². The Balaban J connectivity index is 1.69. The molecular formula is C15H26O13. The Morgan fingerprint density at radius 1 is 0.714 bits per heavy atom. The molecule has 13 heteroatoms. The zero-order valence-corrected chi connectivity index (χ0v) is 14.7. The van der Waals surface area contributed by atoms with Gasteiger partial charge in [0.1, 0.15) is 54.9 Å². The van der Waals surface area contributed by atoms with Crippen LogP contribution in [0.5, 0.6) is 0 Å². The van der Waals surface area contributed by atoms with Crippen LogP contribution in [-0.4, -0.2) is 134 Å². The summed E-state index contributed by atoms with van der Waals surface area (Å²) in [6, 6.07) is 0. The zero-order chi connectivity index (χ0) is 20.6. The Labute approximate surface area is 159 Å². The van der Waals surface area contributed by atoms with Crippen molar-refractivity contribution in [2.75, 3.05) is 19.8 Å². The average Bonchev–Trinajstić information content (AvgIpc) is 2.95. The van der Waals surface area contributed by atoms with Gasteiger partial charge in [0.25, 0.3) is 0 Å². The fourth-order valence-corrected chi connectivity index (χ4v) is 3.23. The molecule has 3 fully saturated rings. The molecule has 3 heterocycles. The van der Waals surface area contributed by atoms with Crippen molar-refractivity contribution >= 4 is 0 Å². The van der Waals surface area contributed by atoms with Crippen molar-refractivity contribution in [3.63, 3.8) is 0 Å². The number of ether oxygens (including phenoxy) is 5. The van der Waals surface area contributed by atoms with E-state index in [0.29, 0.717) is 0 Å². The molecular weight excluding hydrogens is 388 g/mol. The van der Waals surface area contributed by atoms with Crippen LogP contribution in [0.25, 0.3) is 0 Å². The molecule has 3 aliphatic heterocycles. The number of hydrogen-bond donors (Lipinski definition) is 8. The Morgan fingerprint density at radius 2 is 1.43 bits per heavy atom. The Morgan fingerprint density at radius 3 is 2.07 bits per heavy atom. The molecule has 8 N–H and O–H groups in total. The molecule has 0 saturated carbocycles. The second-order valence-corrected chi connectivity index (χ2v) is 6.95. The lowest BCUT2D eigenvalue weighted by molar-refractivity contribution is -0.346. The minimum atomic E-state index is -1.64. The fraction of sp³-hybridized carbons (Fsp3) is 1.00. The lowest BCUT2D eigenvalue weighted by Crippen LogP contribution is -2.60. The van der Waals surface area contributed by atoms with Crippen molar-refractivity contribution in [3.8, 4) is 0 Å². The maximum Gasteiger partial charge on any atom is 0.187 e. The fourth-order valence-electron chi connectivity index (χ4n) is 3.23. The van der Waals surface area contributed by atoms with E-state index in [-0.39, 0.29) is 13.2 Å². The first-order chi connectivity index (χ1) is 13.2. The van der Waals surface area contributed by atoms with Crippen LogP contribution in [-0.2, 0) is 23.7 Å². The second-order valence-electron chi connectivity index (χ2n) is 6.95. The highest BCUT2D eigenvalue weighted by Crippen LogP contribution is 2.29. The molecule has 3 saturated heterocycles. The Hall–Kier alpha value is -0.520. The van der Waals surface area contributed by atoms with E-state index in [1.807, 2.05) is 0 Å². The van der Waals surface area contributed by atoms with Crippen molar-refractivity contribution in [3.05, 3.63) is 0 Å². The molecule has 3 aliphatic rings. The van der Waals surface area contributed by atoms with Gasteiger partial charge in [0, 0.05) is 0 Å². The summed E-state index contributed by atoms with van der Waals surface area (Å²) in [5.41, 5.74) is 0. The number of rotatable bonds is 5. The standard InChI is InChI=1S/C15H26O13/c16-1-5-8(19)11(22)14(26-5)28-12-7(18)4(17)2-25-15(12)27-6-3-24-13(23)10(21)9(6)20/h4-23H,1-3H2/t4-,5+,6-,7+,8-,9+,10?,11?,12?,13-,14+,15+/m1/s1. The van der Waals surface area contributed by atoms with Gasteiger partial charge in [-0.1, -0.05) is 0 Å². The number of hydrogen-bond acceptors (Lipinski definition) is 13. The van der Waals surface area contributed by atoms with Gasteiger partial charge in [0.2, 0.25) is 0 Å². The van der Waals surface area contributed by atoms with E-state index >= 15 is 0 Å². The lowest BCUT2D eigenvalue weighted by atomic mass is 10.0. The largest absolute Gasteiger partial charge is 0.394 e. The van der Waals surface area contributed by atoms with Crippen LogP contribution in [0, 0.1) is 0 Å². The van der Waals surface area contributed by atoms with Crippen molar-refractivity contribution in [2.24, 2.45) is 0 Å². The molecule has 164 valence electrons. The van der Waals surface area contributed by atoms with Crippen LogP contribution in [0.4, 0.5) is 0 Å². The highest BCUT2D eigenvalue weighted by Gasteiger charge is 2.50. The molecule has 0 aromatic heterocycles. The van der Waals surface area contributed by atoms with Gasteiger partial charge in [-0.25, -0.2) is 0 Å². The molecule has 0 amide bonds. The highest BCUT2D eigenvalue weighted by atomic mass is 16.8. The van der Waals surface area contributed by atoms with Crippen LogP contribution in [0.1, 0.15) is 0 Å². The summed E-state index contributed by atoms with van der Waals surface area (Å²) in [6.07, 6.45) is -17.2.